The highest BCUT2D eigenvalue weighted by atomic mass is 16.3. The van der Waals surface area contributed by atoms with Gasteiger partial charge in [0.2, 0.25) is 0 Å². The van der Waals surface area contributed by atoms with E-state index >= 15 is 0 Å². The van der Waals surface area contributed by atoms with Gasteiger partial charge in [0.25, 0.3) is 0 Å². The van der Waals surface area contributed by atoms with Crippen molar-refractivity contribution in [1.29, 1.82) is 5.26 Å². The van der Waals surface area contributed by atoms with Crippen molar-refractivity contribution in [2.45, 2.75) is 6.92 Å². The SMILES string of the molecule is Cc1cc(C#N)ccc1C=Cc1ccc2c(c1)oc1ccccc12. The third-order valence-electron chi connectivity index (χ3n) is 4.26. The normalized spacial score (nSPS) is 11.3. The topological polar surface area (TPSA) is 36.9 Å². The van der Waals surface area contributed by atoms with Crippen molar-refractivity contribution in [1.82, 2.24) is 0 Å². The molecule has 2 nitrogen and oxygen atoms in total. The van der Waals surface area contributed by atoms with Crippen molar-refractivity contribution in [3.05, 3.63) is 82.9 Å². The standard InChI is InChI=1S/C22H15NO/c1-15-12-17(14-23)7-10-18(15)9-6-16-8-11-20-19-4-2-3-5-21(19)24-22(20)13-16/h2-13H,1H3. The number of para-hydroxylation sites is 1. The van der Waals surface area contributed by atoms with Crippen molar-refractivity contribution in [2.75, 3.05) is 0 Å². The molecule has 2 heteroatoms. The lowest BCUT2D eigenvalue weighted by molar-refractivity contribution is 0.669. The zero-order valence-corrected chi connectivity index (χ0v) is 13.3. The summed E-state index contributed by atoms with van der Waals surface area (Å²) in [4.78, 5) is 0. The summed E-state index contributed by atoms with van der Waals surface area (Å²) in [6.07, 6.45) is 4.14. The van der Waals surface area contributed by atoms with Crippen molar-refractivity contribution < 1.29 is 4.42 Å². The van der Waals surface area contributed by atoms with Crippen LogP contribution in [0.25, 0.3) is 34.1 Å². The summed E-state index contributed by atoms with van der Waals surface area (Å²) in [5.41, 5.74) is 5.79. The average Bonchev–Trinajstić information content (AvgIpc) is 2.98. The summed E-state index contributed by atoms with van der Waals surface area (Å²) in [5.74, 6) is 0. The Kier molecular flexibility index (Phi) is 3.40. The highest BCUT2D eigenvalue weighted by molar-refractivity contribution is 6.05. The molecule has 0 bridgehead atoms. The van der Waals surface area contributed by atoms with Gasteiger partial charge in [-0.1, -0.05) is 42.5 Å². The quantitative estimate of drug-likeness (QED) is 0.430. The van der Waals surface area contributed by atoms with Crippen LogP contribution >= 0.6 is 0 Å². The molecule has 0 fully saturated rings. The summed E-state index contributed by atoms with van der Waals surface area (Å²) in [7, 11) is 0. The maximum Gasteiger partial charge on any atom is 0.136 e. The van der Waals surface area contributed by atoms with Gasteiger partial charge < -0.3 is 4.42 Å². The van der Waals surface area contributed by atoms with Gasteiger partial charge in [-0.05, 0) is 53.9 Å². The lowest BCUT2D eigenvalue weighted by Crippen LogP contribution is -1.82. The molecule has 114 valence electrons. The molecule has 0 saturated carbocycles. The minimum atomic E-state index is 0.688. The second-order valence-electron chi connectivity index (χ2n) is 5.87. The molecule has 1 heterocycles. The number of furan rings is 1. The molecule has 4 aromatic rings. The molecule has 1 aromatic heterocycles. The van der Waals surface area contributed by atoms with Crippen molar-refractivity contribution in [2.24, 2.45) is 0 Å². The van der Waals surface area contributed by atoms with Crippen LogP contribution in [-0.4, -0.2) is 0 Å². The Morgan fingerprint density at radius 3 is 2.54 bits per heavy atom. The van der Waals surface area contributed by atoms with Crippen LogP contribution in [-0.2, 0) is 0 Å². The monoisotopic (exact) mass is 309 g/mol. The highest BCUT2D eigenvalue weighted by Gasteiger charge is 2.05. The summed E-state index contributed by atoms with van der Waals surface area (Å²) < 4.78 is 5.93. The molecule has 0 aliphatic heterocycles. The first-order valence-corrected chi connectivity index (χ1v) is 7.85. The van der Waals surface area contributed by atoms with Crippen molar-refractivity contribution in [3.63, 3.8) is 0 Å². The fraction of sp³-hybridized carbons (Fsp3) is 0.0455. The van der Waals surface area contributed by atoms with Gasteiger partial charge in [0.05, 0.1) is 11.6 Å². The molecule has 0 amide bonds. The molecule has 0 spiro atoms. The molecule has 0 aliphatic rings. The maximum atomic E-state index is 8.94. The van der Waals surface area contributed by atoms with E-state index < -0.39 is 0 Å². The minimum Gasteiger partial charge on any atom is -0.456 e. The van der Waals surface area contributed by atoms with E-state index in [0.29, 0.717) is 5.56 Å². The Labute approximate surface area is 140 Å². The number of benzene rings is 3. The van der Waals surface area contributed by atoms with E-state index in [4.69, 9.17) is 9.68 Å². The molecular weight excluding hydrogens is 294 g/mol. The molecule has 0 radical (unpaired) electrons. The molecule has 0 atom stereocenters. The number of hydrogen-bond acceptors (Lipinski definition) is 2. The van der Waals surface area contributed by atoms with Crippen LogP contribution in [0, 0.1) is 18.3 Å². The van der Waals surface area contributed by atoms with Gasteiger partial charge in [0.1, 0.15) is 11.2 Å². The molecule has 24 heavy (non-hydrogen) atoms. The summed E-state index contributed by atoms with van der Waals surface area (Å²) in [6, 6.07) is 22.2. The van der Waals surface area contributed by atoms with Gasteiger partial charge in [-0.15, -0.1) is 0 Å². The number of nitriles is 1. The van der Waals surface area contributed by atoms with E-state index in [9.17, 15) is 0 Å². The maximum absolute atomic E-state index is 8.94. The van der Waals surface area contributed by atoms with E-state index in [1.165, 1.54) is 0 Å². The van der Waals surface area contributed by atoms with E-state index in [-0.39, 0.29) is 0 Å². The van der Waals surface area contributed by atoms with Crippen LogP contribution in [0.4, 0.5) is 0 Å². The molecular formula is C22H15NO. The van der Waals surface area contributed by atoms with Gasteiger partial charge >= 0.3 is 0 Å². The van der Waals surface area contributed by atoms with E-state index in [0.717, 1.165) is 38.6 Å². The Bertz CT molecular complexity index is 1130. The highest BCUT2D eigenvalue weighted by Crippen LogP contribution is 2.29. The lowest BCUT2D eigenvalue weighted by atomic mass is 10.0. The summed E-state index contributed by atoms with van der Waals surface area (Å²) >= 11 is 0. The number of nitrogens with zero attached hydrogens (tertiary/aromatic N) is 1. The molecule has 0 aliphatic carbocycles. The van der Waals surface area contributed by atoms with E-state index in [1.807, 2.05) is 43.3 Å². The molecule has 0 N–H and O–H groups in total. The van der Waals surface area contributed by atoms with Gasteiger partial charge in [0, 0.05) is 10.8 Å². The molecule has 0 saturated heterocycles. The Morgan fingerprint density at radius 2 is 1.71 bits per heavy atom. The van der Waals surface area contributed by atoms with Gasteiger partial charge in [-0.2, -0.15) is 5.26 Å². The molecule has 3 aromatic carbocycles. The summed E-state index contributed by atoms with van der Waals surface area (Å²) in [6.45, 7) is 2.02. The lowest BCUT2D eigenvalue weighted by Gasteiger charge is -2.00. The average molecular weight is 309 g/mol. The van der Waals surface area contributed by atoms with Crippen LogP contribution in [0.3, 0.4) is 0 Å². The first kappa shape index (κ1) is 14.3. The van der Waals surface area contributed by atoms with Gasteiger partial charge in [-0.3, -0.25) is 0 Å². The third kappa shape index (κ3) is 2.47. The number of rotatable bonds is 2. The second-order valence-corrected chi connectivity index (χ2v) is 5.87. The van der Waals surface area contributed by atoms with Crippen LogP contribution < -0.4 is 0 Å². The van der Waals surface area contributed by atoms with Gasteiger partial charge in [0.15, 0.2) is 0 Å². The minimum absolute atomic E-state index is 0.688. The smallest absolute Gasteiger partial charge is 0.136 e. The Hall–Kier alpha value is -3.31. The van der Waals surface area contributed by atoms with E-state index in [1.54, 1.807) is 0 Å². The first-order valence-electron chi connectivity index (χ1n) is 7.85. The van der Waals surface area contributed by atoms with Crippen LogP contribution in [0.2, 0.25) is 0 Å². The predicted molar refractivity (Wildman–Crippen MR) is 98.5 cm³/mol. The van der Waals surface area contributed by atoms with Crippen LogP contribution in [0.15, 0.2) is 65.1 Å². The van der Waals surface area contributed by atoms with Crippen molar-refractivity contribution in [3.8, 4) is 6.07 Å². The molecule has 4 rings (SSSR count). The number of aryl methyl sites for hydroxylation is 1. The Balaban J connectivity index is 1.72. The zero-order chi connectivity index (χ0) is 16.5. The van der Waals surface area contributed by atoms with E-state index in [2.05, 4.69) is 42.5 Å². The third-order valence-corrected chi connectivity index (χ3v) is 4.26. The second kappa shape index (κ2) is 5.72. The number of fused-ring (bicyclic) bond motifs is 3. The van der Waals surface area contributed by atoms with Crippen LogP contribution in [0.1, 0.15) is 22.3 Å². The largest absolute Gasteiger partial charge is 0.456 e. The molecule has 0 unspecified atom stereocenters. The number of hydrogen-bond donors (Lipinski definition) is 0. The fourth-order valence-electron chi connectivity index (χ4n) is 2.96. The van der Waals surface area contributed by atoms with Gasteiger partial charge in [-0.25, -0.2) is 0 Å². The summed E-state index contributed by atoms with van der Waals surface area (Å²) in [5, 5.41) is 11.2. The van der Waals surface area contributed by atoms with Crippen LogP contribution in [0.5, 0.6) is 0 Å². The fourth-order valence-corrected chi connectivity index (χ4v) is 2.96. The first-order chi connectivity index (χ1) is 11.7. The zero-order valence-electron chi connectivity index (χ0n) is 13.3. The predicted octanol–water partition coefficient (Wildman–Crippen LogP) is 5.94. The Morgan fingerprint density at radius 1 is 0.875 bits per heavy atom. The van der Waals surface area contributed by atoms with Crippen molar-refractivity contribution >= 4 is 34.1 Å².